The van der Waals surface area contributed by atoms with Gasteiger partial charge in [0.15, 0.2) is 5.84 Å². The van der Waals surface area contributed by atoms with E-state index in [4.69, 9.17) is 27.3 Å². The van der Waals surface area contributed by atoms with Gasteiger partial charge >= 0.3 is 0 Å². The van der Waals surface area contributed by atoms with Crippen LogP contribution in [-0.4, -0.2) is 16.0 Å². The molecule has 20 heavy (non-hydrogen) atoms. The van der Waals surface area contributed by atoms with Gasteiger partial charge in [-0.05, 0) is 43.7 Å². The molecule has 5 nitrogen and oxygen atoms in total. The molecular formula is C14H14ClN3O2. The molecule has 0 spiro atoms. The van der Waals surface area contributed by atoms with Crippen molar-refractivity contribution < 1.29 is 9.94 Å². The van der Waals surface area contributed by atoms with Crippen LogP contribution in [0, 0.1) is 13.8 Å². The number of benzene rings is 1. The summed E-state index contributed by atoms with van der Waals surface area (Å²) in [5.74, 6) is 0.629. The highest BCUT2D eigenvalue weighted by Gasteiger charge is 2.13. The van der Waals surface area contributed by atoms with Crippen LogP contribution in [0.1, 0.15) is 16.8 Å². The highest BCUT2D eigenvalue weighted by Crippen LogP contribution is 2.30. The quantitative estimate of drug-likeness (QED) is 0.394. The number of hydrogen-bond donors (Lipinski definition) is 2. The number of aryl methyl sites for hydroxylation is 2. The summed E-state index contributed by atoms with van der Waals surface area (Å²) in [6.45, 7) is 3.75. The first kappa shape index (κ1) is 14.1. The summed E-state index contributed by atoms with van der Waals surface area (Å²) < 4.78 is 5.68. The number of pyridine rings is 1. The maximum atomic E-state index is 8.79. The largest absolute Gasteiger partial charge is 0.437 e. The van der Waals surface area contributed by atoms with Gasteiger partial charge in [0.05, 0.1) is 10.6 Å². The minimum atomic E-state index is -0.0734. The van der Waals surface area contributed by atoms with Crippen LogP contribution >= 0.6 is 11.6 Å². The topological polar surface area (TPSA) is 80.7 Å². The number of hydrogen-bond acceptors (Lipinski definition) is 4. The molecule has 1 aromatic carbocycles. The Morgan fingerprint density at radius 3 is 2.70 bits per heavy atom. The number of amidine groups is 1. The molecule has 0 aliphatic rings. The zero-order valence-electron chi connectivity index (χ0n) is 11.1. The number of nitrogens with zero attached hydrogens (tertiary/aromatic N) is 2. The molecule has 1 heterocycles. The summed E-state index contributed by atoms with van der Waals surface area (Å²) in [5.41, 5.74) is 7.78. The van der Waals surface area contributed by atoms with Crippen LogP contribution in [0.3, 0.4) is 0 Å². The molecular weight excluding hydrogens is 278 g/mol. The zero-order chi connectivity index (χ0) is 14.7. The molecule has 6 heteroatoms. The van der Waals surface area contributed by atoms with E-state index in [9.17, 15) is 0 Å². The summed E-state index contributed by atoms with van der Waals surface area (Å²) in [5, 5.41) is 12.2. The normalized spacial score (nSPS) is 11.4. The standard InChI is InChI=1S/C14H14ClN3O2/c1-8-3-6-12(11(15)7-8)20-14-10(13(16)18-19)5-4-9(2)17-14/h3-7,19H,1-2H3,(H2,16,18). The van der Waals surface area contributed by atoms with Gasteiger partial charge in [0.1, 0.15) is 5.75 Å². The Morgan fingerprint density at radius 2 is 2.05 bits per heavy atom. The van der Waals surface area contributed by atoms with Crippen molar-refractivity contribution in [3.05, 3.63) is 52.2 Å². The molecule has 0 saturated carbocycles. The predicted molar refractivity (Wildman–Crippen MR) is 77.7 cm³/mol. The lowest BCUT2D eigenvalue weighted by atomic mass is 10.2. The van der Waals surface area contributed by atoms with Crippen LogP contribution < -0.4 is 10.5 Å². The molecule has 0 bridgehead atoms. The Balaban J connectivity index is 2.44. The smallest absolute Gasteiger partial charge is 0.230 e. The highest BCUT2D eigenvalue weighted by molar-refractivity contribution is 6.32. The molecule has 0 atom stereocenters. The molecule has 0 unspecified atom stereocenters. The van der Waals surface area contributed by atoms with Gasteiger partial charge in [0.2, 0.25) is 5.88 Å². The van der Waals surface area contributed by atoms with Crippen molar-refractivity contribution in [1.82, 2.24) is 4.98 Å². The van der Waals surface area contributed by atoms with Gasteiger partial charge in [-0.25, -0.2) is 4.98 Å². The van der Waals surface area contributed by atoms with E-state index in [2.05, 4.69) is 10.1 Å². The van der Waals surface area contributed by atoms with Crippen LogP contribution in [0.2, 0.25) is 5.02 Å². The van der Waals surface area contributed by atoms with Gasteiger partial charge in [0.25, 0.3) is 0 Å². The maximum absolute atomic E-state index is 8.79. The molecule has 104 valence electrons. The minimum Gasteiger partial charge on any atom is -0.437 e. The van der Waals surface area contributed by atoms with Gasteiger partial charge in [-0.3, -0.25) is 0 Å². The average molecular weight is 292 g/mol. The Hall–Kier alpha value is -2.27. The van der Waals surface area contributed by atoms with Crippen molar-refractivity contribution >= 4 is 17.4 Å². The Kier molecular flexibility index (Phi) is 4.10. The fourth-order valence-electron chi connectivity index (χ4n) is 1.65. The Bertz CT molecular complexity index is 671. The van der Waals surface area contributed by atoms with Crippen LogP contribution in [0.4, 0.5) is 0 Å². The molecule has 2 rings (SSSR count). The molecule has 0 saturated heterocycles. The lowest BCUT2D eigenvalue weighted by molar-refractivity contribution is 0.318. The van der Waals surface area contributed by atoms with E-state index >= 15 is 0 Å². The molecule has 0 aliphatic heterocycles. The number of halogens is 1. The van der Waals surface area contributed by atoms with Crippen molar-refractivity contribution in [2.75, 3.05) is 0 Å². The number of oxime groups is 1. The van der Waals surface area contributed by atoms with E-state index < -0.39 is 0 Å². The third kappa shape index (κ3) is 3.00. The van der Waals surface area contributed by atoms with Crippen LogP contribution in [0.25, 0.3) is 0 Å². The SMILES string of the molecule is Cc1ccc(Oc2nc(C)ccc2C(N)=NO)c(Cl)c1. The van der Waals surface area contributed by atoms with Crippen LogP contribution in [0.5, 0.6) is 11.6 Å². The van der Waals surface area contributed by atoms with Crippen molar-refractivity contribution in [2.24, 2.45) is 10.9 Å². The lowest BCUT2D eigenvalue weighted by Crippen LogP contribution is -2.15. The van der Waals surface area contributed by atoms with Crippen molar-refractivity contribution in [1.29, 1.82) is 0 Å². The molecule has 3 N–H and O–H groups in total. The van der Waals surface area contributed by atoms with E-state index in [0.717, 1.165) is 11.3 Å². The van der Waals surface area contributed by atoms with E-state index in [-0.39, 0.29) is 11.7 Å². The fourth-order valence-corrected chi connectivity index (χ4v) is 1.93. The van der Waals surface area contributed by atoms with Gasteiger partial charge in [-0.15, -0.1) is 0 Å². The predicted octanol–water partition coefficient (Wildman–Crippen LogP) is 3.24. The number of rotatable bonds is 3. The third-order valence-corrected chi connectivity index (χ3v) is 2.97. The summed E-state index contributed by atoms with van der Waals surface area (Å²) in [7, 11) is 0. The Morgan fingerprint density at radius 1 is 1.30 bits per heavy atom. The van der Waals surface area contributed by atoms with Crippen molar-refractivity contribution in [2.45, 2.75) is 13.8 Å². The molecule has 2 aromatic rings. The maximum Gasteiger partial charge on any atom is 0.230 e. The number of aromatic nitrogens is 1. The second kappa shape index (κ2) is 5.79. The Labute approximate surface area is 121 Å². The first-order chi connectivity index (χ1) is 9.51. The van der Waals surface area contributed by atoms with Gasteiger partial charge in [0, 0.05) is 5.69 Å². The first-order valence-electron chi connectivity index (χ1n) is 5.91. The van der Waals surface area contributed by atoms with Crippen molar-refractivity contribution in [3.8, 4) is 11.6 Å². The van der Waals surface area contributed by atoms with Gasteiger partial charge in [-0.1, -0.05) is 22.8 Å². The second-order valence-corrected chi connectivity index (χ2v) is 4.73. The van der Waals surface area contributed by atoms with Crippen LogP contribution in [0.15, 0.2) is 35.5 Å². The summed E-state index contributed by atoms with van der Waals surface area (Å²) in [6.07, 6.45) is 0. The molecule has 0 fully saturated rings. The van der Waals surface area contributed by atoms with E-state index in [1.807, 2.05) is 19.9 Å². The monoisotopic (exact) mass is 291 g/mol. The summed E-state index contributed by atoms with van der Waals surface area (Å²) >= 11 is 6.12. The molecule has 0 amide bonds. The van der Waals surface area contributed by atoms with E-state index in [1.165, 1.54) is 0 Å². The zero-order valence-corrected chi connectivity index (χ0v) is 11.8. The van der Waals surface area contributed by atoms with Gasteiger partial charge in [-0.2, -0.15) is 0 Å². The second-order valence-electron chi connectivity index (χ2n) is 4.33. The highest BCUT2D eigenvalue weighted by atomic mass is 35.5. The summed E-state index contributed by atoms with van der Waals surface area (Å²) in [4.78, 5) is 4.25. The lowest BCUT2D eigenvalue weighted by Gasteiger charge is -2.11. The summed E-state index contributed by atoms with van der Waals surface area (Å²) in [6, 6.07) is 8.83. The van der Waals surface area contributed by atoms with E-state index in [0.29, 0.717) is 16.3 Å². The van der Waals surface area contributed by atoms with Crippen LogP contribution in [-0.2, 0) is 0 Å². The first-order valence-corrected chi connectivity index (χ1v) is 6.28. The number of ether oxygens (including phenoxy) is 1. The number of nitrogens with two attached hydrogens (primary N) is 1. The molecule has 0 aliphatic carbocycles. The third-order valence-electron chi connectivity index (χ3n) is 2.68. The van der Waals surface area contributed by atoms with Gasteiger partial charge < -0.3 is 15.7 Å². The van der Waals surface area contributed by atoms with E-state index in [1.54, 1.807) is 24.3 Å². The molecule has 0 radical (unpaired) electrons. The molecule has 1 aromatic heterocycles. The minimum absolute atomic E-state index is 0.0734. The van der Waals surface area contributed by atoms with Crippen molar-refractivity contribution in [3.63, 3.8) is 0 Å². The fraction of sp³-hybridized carbons (Fsp3) is 0.143. The average Bonchev–Trinajstić information content (AvgIpc) is 2.41.